The van der Waals surface area contributed by atoms with E-state index in [4.69, 9.17) is 0 Å². The van der Waals surface area contributed by atoms with E-state index in [1.54, 1.807) is 13.8 Å². The first kappa shape index (κ1) is 14.0. The molecule has 0 aliphatic carbocycles. The maximum absolute atomic E-state index is 13.3. The van der Waals surface area contributed by atoms with Gasteiger partial charge in [-0.1, -0.05) is 0 Å². The lowest BCUT2D eigenvalue weighted by molar-refractivity contribution is 0.0600. The summed E-state index contributed by atoms with van der Waals surface area (Å²) in [4.78, 5) is 23.5. The number of benzene rings is 1. The Morgan fingerprint density at radius 1 is 1.20 bits per heavy atom. The van der Waals surface area contributed by atoms with Crippen molar-refractivity contribution in [3.05, 3.63) is 63.3 Å². The molecule has 1 aromatic heterocycles. The number of aromatic nitrogens is 1. The number of nitrogens with zero attached hydrogens (tertiary/aromatic N) is 1. The van der Waals surface area contributed by atoms with Gasteiger partial charge in [-0.15, -0.1) is 0 Å². The molecule has 0 atom stereocenters. The summed E-state index contributed by atoms with van der Waals surface area (Å²) in [6, 6.07) is 5.38. The van der Waals surface area contributed by atoms with Gasteiger partial charge >= 0.3 is 5.97 Å². The van der Waals surface area contributed by atoms with Crippen LogP contribution in [-0.2, 0) is 4.74 Å². The first-order valence-electron chi connectivity index (χ1n) is 6.02. The van der Waals surface area contributed by atoms with Crippen molar-refractivity contribution in [1.82, 2.24) is 4.57 Å². The fraction of sp³-hybridized carbons (Fsp3) is 0.200. The molecular formula is C15H14FNO3. The van der Waals surface area contributed by atoms with Crippen molar-refractivity contribution >= 4 is 5.97 Å². The van der Waals surface area contributed by atoms with Crippen LogP contribution in [0.3, 0.4) is 0 Å². The Balaban J connectivity index is 2.70. The van der Waals surface area contributed by atoms with Gasteiger partial charge in [0, 0.05) is 12.3 Å². The molecule has 104 valence electrons. The average Bonchev–Trinajstić information content (AvgIpc) is 2.38. The fourth-order valence-electron chi connectivity index (χ4n) is 2.18. The Hall–Kier alpha value is -2.43. The van der Waals surface area contributed by atoms with Crippen molar-refractivity contribution in [3.8, 4) is 5.69 Å². The number of aryl methyl sites for hydroxylation is 2. The summed E-state index contributed by atoms with van der Waals surface area (Å²) in [7, 11) is 1.27. The van der Waals surface area contributed by atoms with Crippen LogP contribution in [0.15, 0.2) is 35.3 Å². The number of rotatable bonds is 2. The molecule has 0 spiro atoms. The molecule has 0 amide bonds. The fourth-order valence-corrected chi connectivity index (χ4v) is 2.18. The molecule has 0 N–H and O–H groups in total. The third kappa shape index (κ3) is 2.47. The van der Waals surface area contributed by atoms with Gasteiger partial charge in [0.1, 0.15) is 5.82 Å². The zero-order chi connectivity index (χ0) is 14.9. The monoisotopic (exact) mass is 275 g/mol. The number of ether oxygens (including phenoxy) is 1. The van der Waals surface area contributed by atoms with E-state index in [0.717, 1.165) is 0 Å². The van der Waals surface area contributed by atoms with Crippen LogP contribution in [0.25, 0.3) is 5.69 Å². The van der Waals surface area contributed by atoms with E-state index in [2.05, 4.69) is 4.74 Å². The second kappa shape index (κ2) is 5.28. The van der Waals surface area contributed by atoms with Crippen LogP contribution in [0.5, 0.6) is 0 Å². The molecule has 0 saturated carbocycles. The number of halogens is 1. The molecule has 0 saturated heterocycles. The van der Waals surface area contributed by atoms with Gasteiger partial charge in [-0.3, -0.25) is 9.36 Å². The first-order chi connectivity index (χ1) is 9.43. The highest BCUT2D eigenvalue weighted by atomic mass is 19.1. The lowest BCUT2D eigenvalue weighted by Crippen LogP contribution is -2.20. The van der Waals surface area contributed by atoms with Crippen LogP contribution < -0.4 is 5.56 Å². The SMILES string of the molecule is COC(=O)c1ccc(=O)n(-c2c(C)cc(F)cc2C)c1. The maximum atomic E-state index is 13.3. The van der Waals surface area contributed by atoms with Gasteiger partial charge < -0.3 is 4.74 Å². The predicted octanol–water partition coefficient (Wildman–Crippen LogP) is 2.38. The second-order valence-electron chi connectivity index (χ2n) is 4.51. The van der Waals surface area contributed by atoms with Crippen LogP contribution in [0.4, 0.5) is 4.39 Å². The summed E-state index contributed by atoms with van der Waals surface area (Å²) in [6.07, 6.45) is 1.40. The minimum absolute atomic E-state index is 0.259. The van der Waals surface area contributed by atoms with Gasteiger partial charge in [0.25, 0.3) is 5.56 Å². The summed E-state index contributed by atoms with van der Waals surface area (Å²) >= 11 is 0. The molecule has 0 fully saturated rings. The van der Waals surface area contributed by atoms with E-state index in [1.165, 1.54) is 42.1 Å². The van der Waals surface area contributed by atoms with Crippen molar-refractivity contribution in [1.29, 1.82) is 0 Å². The molecule has 0 bridgehead atoms. The topological polar surface area (TPSA) is 48.3 Å². The highest BCUT2D eigenvalue weighted by molar-refractivity contribution is 5.89. The highest BCUT2D eigenvalue weighted by Crippen LogP contribution is 2.19. The van der Waals surface area contributed by atoms with Gasteiger partial charge in [0.2, 0.25) is 0 Å². The summed E-state index contributed by atoms with van der Waals surface area (Å²) in [6.45, 7) is 3.42. The van der Waals surface area contributed by atoms with Gasteiger partial charge in [0.15, 0.2) is 0 Å². The van der Waals surface area contributed by atoms with Gasteiger partial charge in [-0.2, -0.15) is 0 Å². The minimum atomic E-state index is -0.531. The number of hydrogen-bond donors (Lipinski definition) is 0. The van der Waals surface area contributed by atoms with E-state index < -0.39 is 5.97 Å². The van der Waals surface area contributed by atoms with E-state index >= 15 is 0 Å². The molecule has 2 aromatic rings. The van der Waals surface area contributed by atoms with E-state index in [0.29, 0.717) is 16.8 Å². The van der Waals surface area contributed by atoms with Crippen molar-refractivity contribution in [2.75, 3.05) is 7.11 Å². The summed E-state index contributed by atoms with van der Waals surface area (Å²) in [5.74, 6) is -0.892. The Labute approximate surface area is 115 Å². The number of carbonyl (C=O) groups excluding carboxylic acids is 1. The average molecular weight is 275 g/mol. The van der Waals surface area contributed by atoms with Crippen LogP contribution >= 0.6 is 0 Å². The molecule has 2 rings (SSSR count). The lowest BCUT2D eigenvalue weighted by Gasteiger charge is -2.13. The zero-order valence-electron chi connectivity index (χ0n) is 11.4. The van der Waals surface area contributed by atoms with Crippen molar-refractivity contribution in [3.63, 3.8) is 0 Å². The van der Waals surface area contributed by atoms with Crippen LogP contribution in [-0.4, -0.2) is 17.6 Å². The number of esters is 1. The minimum Gasteiger partial charge on any atom is -0.465 e. The lowest BCUT2D eigenvalue weighted by atomic mass is 10.1. The third-order valence-corrected chi connectivity index (χ3v) is 3.03. The Bertz CT molecular complexity index is 711. The van der Waals surface area contributed by atoms with Crippen LogP contribution in [0.2, 0.25) is 0 Å². The molecule has 0 aliphatic heterocycles. The first-order valence-corrected chi connectivity index (χ1v) is 6.02. The van der Waals surface area contributed by atoms with Gasteiger partial charge in [-0.05, 0) is 43.2 Å². The van der Waals surface area contributed by atoms with Crippen molar-refractivity contribution in [2.24, 2.45) is 0 Å². The van der Waals surface area contributed by atoms with Crippen molar-refractivity contribution < 1.29 is 13.9 Å². The third-order valence-electron chi connectivity index (χ3n) is 3.03. The quantitative estimate of drug-likeness (QED) is 0.791. The Morgan fingerprint density at radius 2 is 1.80 bits per heavy atom. The zero-order valence-corrected chi connectivity index (χ0v) is 11.4. The van der Waals surface area contributed by atoms with Crippen LogP contribution in [0.1, 0.15) is 21.5 Å². The second-order valence-corrected chi connectivity index (χ2v) is 4.51. The summed E-state index contributed by atoms with van der Waals surface area (Å²) < 4.78 is 19.3. The standard InChI is InChI=1S/C15H14FNO3/c1-9-6-12(16)7-10(2)14(9)17-8-11(15(19)20-3)4-5-13(17)18/h4-8H,1-3H3. The Morgan fingerprint density at radius 3 is 2.35 bits per heavy atom. The van der Waals surface area contributed by atoms with Crippen molar-refractivity contribution in [2.45, 2.75) is 13.8 Å². The summed E-state index contributed by atoms with van der Waals surface area (Å²) in [5.41, 5.74) is 1.77. The number of carbonyl (C=O) groups is 1. The Kier molecular flexibility index (Phi) is 3.70. The normalized spacial score (nSPS) is 10.4. The number of methoxy groups -OCH3 is 1. The smallest absolute Gasteiger partial charge is 0.339 e. The highest BCUT2D eigenvalue weighted by Gasteiger charge is 2.12. The predicted molar refractivity (Wildman–Crippen MR) is 72.8 cm³/mol. The molecule has 1 heterocycles. The van der Waals surface area contributed by atoms with E-state index in [9.17, 15) is 14.0 Å². The molecule has 0 unspecified atom stereocenters. The maximum Gasteiger partial charge on any atom is 0.339 e. The largest absolute Gasteiger partial charge is 0.465 e. The van der Waals surface area contributed by atoms with Crippen LogP contribution in [0, 0.1) is 19.7 Å². The molecule has 0 radical (unpaired) electrons. The molecule has 5 heteroatoms. The molecule has 20 heavy (non-hydrogen) atoms. The number of hydrogen-bond acceptors (Lipinski definition) is 3. The van der Waals surface area contributed by atoms with E-state index in [-0.39, 0.29) is 16.9 Å². The molecule has 0 aliphatic rings. The molecular weight excluding hydrogens is 261 g/mol. The van der Waals surface area contributed by atoms with E-state index in [1.807, 2.05) is 0 Å². The number of pyridine rings is 1. The van der Waals surface area contributed by atoms with Gasteiger partial charge in [-0.25, -0.2) is 9.18 Å². The van der Waals surface area contributed by atoms with Gasteiger partial charge in [0.05, 0.1) is 18.4 Å². The summed E-state index contributed by atoms with van der Waals surface area (Å²) in [5, 5.41) is 0. The molecule has 4 nitrogen and oxygen atoms in total. The molecule has 1 aromatic carbocycles.